The first-order chi connectivity index (χ1) is 18.0. The van der Waals surface area contributed by atoms with E-state index in [1.807, 2.05) is 27.2 Å². The van der Waals surface area contributed by atoms with Crippen LogP contribution in [0.2, 0.25) is 0 Å². The molecule has 0 unspecified atom stereocenters. The molecule has 0 spiro atoms. The summed E-state index contributed by atoms with van der Waals surface area (Å²) in [4.78, 5) is 26.5. The average Bonchev–Trinajstić information content (AvgIpc) is 2.87. The second-order valence-electron chi connectivity index (χ2n) is 8.40. The molecule has 0 aliphatic heterocycles. The second kappa shape index (κ2) is 20.9. The molecule has 1 aliphatic carbocycles. The quantitative estimate of drug-likeness (QED) is 0.273. The third-order valence-corrected chi connectivity index (χ3v) is 5.63. The van der Waals surface area contributed by atoms with Crippen molar-refractivity contribution in [2.45, 2.75) is 19.5 Å². The zero-order chi connectivity index (χ0) is 28.8. The highest BCUT2D eigenvalue weighted by molar-refractivity contribution is 7.90. The van der Waals surface area contributed by atoms with E-state index in [0.717, 1.165) is 30.8 Å². The molecule has 0 bridgehead atoms. The lowest BCUT2D eigenvalue weighted by Gasteiger charge is -2.06. The maximum Gasteiger partial charge on any atom is 0.248 e. The number of allylic oxidation sites excluding steroid dienone is 3. The summed E-state index contributed by atoms with van der Waals surface area (Å²) < 4.78 is 20.7. The third-order valence-electron chi connectivity index (χ3n) is 4.69. The normalized spacial score (nSPS) is 12.1. The van der Waals surface area contributed by atoms with Gasteiger partial charge in [0, 0.05) is 56.5 Å². The van der Waals surface area contributed by atoms with Crippen LogP contribution in [0.5, 0.6) is 0 Å². The number of sulfone groups is 1. The predicted molar refractivity (Wildman–Crippen MR) is 158 cm³/mol. The van der Waals surface area contributed by atoms with E-state index >= 15 is 0 Å². The highest BCUT2D eigenvalue weighted by Gasteiger charge is 1.98. The molecule has 2 aromatic rings. The number of H-pyrrole nitrogens is 2. The summed E-state index contributed by atoms with van der Waals surface area (Å²) in [6.07, 6.45) is 10.3. The van der Waals surface area contributed by atoms with Crippen molar-refractivity contribution in [2.75, 3.05) is 53.3 Å². The van der Waals surface area contributed by atoms with Gasteiger partial charge in [0.25, 0.3) is 0 Å². The molecule has 0 amide bonds. The number of aromatic amines is 2. The summed E-state index contributed by atoms with van der Waals surface area (Å²) in [6, 6.07) is 8.44. The SMILES string of the molecule is C=C1C=CC(CNC)=CC1.CNCCS(C)(=O)=O.CNCc1ccc(=O)[nH]c1.CNCc1cccc(=O)[nH]1. The number of likely N-dealkylation sites (N-methyl/N-ethyl adjacent to an activating group) is 1. The van der Waals surface area contributed by atoms with Crippen LogP contribution in [0.25, 0.3) is 0 Å². The van der Waals surface area contributed by atoms with Gasteiger partial charge in [0.2, 0.25) is 11.1 Å². The van der Waals surface area contributed by atoms with Crippen LogP contribution in [0.3, 0.4) is 0 Å². The molecule has 2 aromatic heterocycles. The van der Waals surface area contributed by atoms with Crippen molar-refractivity contribution < 1.29 is 8.42 Å². The smallest absolute Gasteiger partial charge is 0.248 e. The van der Waals surface area contributed by atoms with Gasteiger partial charge in [-0.05, 0) is 51.8 Å². The minimum atomic E-state index is -2.75. The topological polar surface area (TPSA) is 148 Å². The molecule has 0 saturated carbocycles. The van der Waals surface area contributed by atoms with Crippen LogP contribution in [0.15, 0.2) is 82.1 Å². The van der Waals surface area contributed by atoms with E-state index in [4.69, 9.17) is 0 Å². The maximum atomic E-state index is 10.7. The molecule has 0 saturated heterocycles. The van der Waals surface area contributed by atoms with E-state index in [1.54, 1.807) is 25.4 Å². The van der Waals surface area contributed by atoms with Crippen LogP contribution < -0.4 is 32.4 Å². The zero-order valence-corrected chi connectivity index (χ0v) is 24.0. The summed E-state index contributed by atoms with van der Waals surface area (Å²) in [5.74, 6) is 0.226. The number of rotatable bonds is 9. The molecule has 3 rings (SSSR count). The number of nitrogens with one attached hydrogen (secondary N) is 6. The lowest BCUT2D eigenvalue weighted by Crippen LogP contribution is -2.17. The van der Waals surface area contributed by atoms with Crippen molar-refractivity contribution in [3.63, 3.8) is 0 Å². The van der Waals surface area contributed by atoms with Gasteiger partial charge < -0.3 is 31.2 Å². The Morgan fingerprint density at radius 3 is 2.00 bits per heavy atom. The Hall–Kier alpha value is -3.09. The van der Waals surface area contributed by atoms with Gasteiger partial charge in [-0.25, -0.2) is 8.42 Å². The van der Waals surface area contributed by atoms with Crippen molar-refractivity contribution in [3.8, 4) is 0 Å². The third kappa shape index (κ3) is 20.0. The van der Waals surface area contributed by atoms with E-state index in [2.05, 4.69) is 56.0 Å². The Labute approximate surface area is 226 Å². The van der Waals surface area contributed by atoms with Crippen molar-refractivity contribution in [2.24, 2.45) is 0 Å². The molecule has 212 valence electrons. The fourth-order valence-corrected chi connectivity index (χ4v) is 3.36. The summed E-state index contributed by atoms with van der Waals surface area (Å²) in [5.41, 5.74) is 4.44. The number of hydrogen-bond acceptors (Lipinski definition) is 8. The van der Waals surface area contributed by atoms with Crippen LogP contribution in [-0.4, -0.2) is 71.7 Å². The van der Waals surface area contributed by atoms with Gasteiger partial charge in [-0.3, -0.25) is 9.59 Å². The molecule has 10 nitrogen and oxygen atoms in total. The standard InChI is InChI=1S/C9H13N.2C7H10N2O.C4H11NO2S/c1-8-3-5-9(6-4-8)7-10-2;1-8-4-6-2-3-7(10)9-5-6;1-8-5-6-3-2-4-7(10)9-6;1-5-3-4-8(2,6)7/h3,5-6,10H,1,4,7H2,2H3;2-3,5,8H,4H2,1H3,(H,9,10);2-4,8H,5H2,1H3,(H,9,10);5H,3-4H2,1-2H3. The Morgan fingerprint density at radius 2 is 1.55 bits per heavy atom. The van der Waals surface area contributed by atoms with Crippen LogP contribution in [-0.2, 0) is 22.9 Å². The molecule has 38 heavy (non-hydrogen) atoms. The monoisotopic (exact) mass is 548 g/mol. The van der Waals surface area contributed by atoms with E-state index in [9.17, 15) is 18.0 Å². The molecule has 0 aromatic carbocycles. The van der Waals surface area contributed by atoms with Gasteiger partial charge >= 0.3 is 0 Å². The van der Waals surface area contributed by atoms with Crippen LogP contribution in [0.4, 0.5) is 0 Å². The second-order valence-corrected chi connectivity index (χ2v) is 10.7. The molecular weight excluding hydrogens is 504 g/mol. The van der Waals surface area contributed by atoms with Crippen LogP contribution in [0.1, 0.15) is 17.7 Å². The number of aromatic nitrogens is 2. The number of hydrogen-bond donors (Lipinski definition) is 6. The molecule has 2 heterocycles. The minimum absolute atomic E-state index is 0.0484. The van der Waals surface area contributed by atoms with E-state index in [1.165, 1.54) is 29.5 Å². The molecule has 6 N–H and O–H groups in total. The minimum Gasteiger partial charge on any atom is -0.329 e. The van der Waals surface area contributed by atoms with Gasteiger partial charge in [-0.1, -0.05) is 42.5 Å². The summed E-state index contributed by atoms with van der Waals surface area (Å²) in [7, 11) is 4.64. The Balaban J connectivity index is 0.000000483. The maximum absolute atomic E-state index is 10.7. The van der Waals surface area contributed by atoms with Gasteiger partial charge in [0.15, 0.2) is 0 Å². The van der Waals surface area contributed by atoms with Crippen molar-refractivity contribution in [3.05, 3.63) is 104 Å². The first-order valence-electron chi connectivity index (χ1n) is 12.2. The van der Waals surface area contributed by atoms with Crippen molar-refractivity contribution >= 4 is 9.84 Å². The van der Waals surface area contributed by atoms with Gasteiger partial charge in [-0.2, -0.15) is 0 Å². The lowest BCUT2D eigenvalue weighted by atomic mass is 10.0. The first-order valence-corrected chi connectivity index (χ1v) is 14.3. The largest absolute Gasteiger partial charge is 0.329 e. The highest BCUT2D eigenvalue weighted by atomic mass is 32.2. The van der Waals surface area contributed by atoms with Crippen LogP contribution >= 0.6 is 0 Å². The lowest BCUT2D eigenvalue weighted by molar-refractivity contribution is 0.599. The van der Waals surface area contributed by atoms with Gasteiger partial charge in [-0.15, -0.1) is 0 Å². The molecule has 0 radical (unpaired) electrons. The van der Waals surface area contributed by atoms with Gasteiger partial charge in [0.05, 0.1) is 5.75 Å². The van der Waals surface area contributed by atoms with Crippen molar-refractivity contribution in [1.82, 2.24) is 31.2 Å². The zero-order valence-electron chi connectivity index (χ0n) is 23.2. The summed E-state index contributed by atoms with van der Waals surface area (Å²) >= 11 is 0. The van der Waals surface area contributed by atoms with E-state index in [-0.39, 0.29) is 16.9 Å². The Bertz CT molecular complexity index is 1200. The highest BCUT2D eigenvalue weighted by Crippen LogP contribution is 2.12. The van der Waals surface area contributed by atoms with E-state index < -0.39 is 9.84 Å². The fraction of sp³-hybridized carbons (Fsp3) is 0.407. The molecule has 0 atom stereocenters. The Kier molecular flexibility index (Phi) is 19.2. The molecule has 1 aliphatic rings. The fourth-order valence-electron chi connectivity index (χ4n) is 2.79. The van der Waals surface area contributed by atoms with Crippen molar-refractivity contribution in [1.29, 1.82) is 0 Å². The Morgan fingerprint density at radius 1 is 0.868 bits per heavy atom. The molecule has 0 fully saturated rings. The van der Waals surface area contributed by atoms with E-state index in [0.29, 0.717) is 13.1 Å². The molecule has 11 heteroatoms. The average molecular weight is 549 g/mol. The molecular formula is C27H44N6O4S. The number of pyridine rings is 2. The predicted octanol–water partition coefficient (Wildman–Crippen LogP) is 1.09. The van der Waals surface area contributed by atoms with Crippen LogP contribution in [0, 0.1) is 0 Å². The van der Waals surface area contributed by atoms with Gasteiger partial charge in [0.1, 0.15) is 9.84 Å². The first kappa shape index (κ1) is 34.9. The summed E-state index contributed by atoms with van der Waals surface area (Å²) in [5, 5.41) is 11.8. The summed E-state index contributed by atoms with van der Waals surface area (Å²) in [6.45, 7) is 6.85.